The summed E-state index contributed by atoms with van der Waals surface area (Å²) >= 11 is 0. The van der Waals surface area contributed by atoms with Crippen LogP contribution in [0, 0.1) is 29.6 Å². The molecule has 0 N–H and O–H groups in total. The maximum Gasteiger partial charge on any atom is 0.331 e. The Morgan fingerprint density at radius 1 is 1.25 bits per heavy atom. The molecule has 2 aliphatic rings. The maximum absolute atomic E-state index is 12.8. The van der Waals surface area contributed by atoms with Gasteiger partial charge in [-0.2, -0.15) is 0 Å². The van der Waals surface area contributed by atoms with E-state index in [0.717, 1.165) is 17.6 Å². The number of Topliss-reactive ketones (excluding diaryl/α,β-unsaturated/α-hetero) is 1. The Bertz CT molecular complexity index is 674. The van der Waals surface area contributed by atoms with Crippen molar-refractivity contribution in [2.75, 3.05) is 0 Å². The molecular weight excluding hydrogens is 356 g/mol. The topological polar surface area (TPSA) is 69.7 Å². The normalized spacial score (nSPS) is 31.5. The van der Waals surface area contributed by atoms with Gasteiger partial charge in [-0.3, -0.25) is 9.59 Å². The standard InChI is InChI=1S/C23H34O5/c1-8-13(4)9-21(26)28-20-11-17(12(2)3)23-18(14(20)5)10-19(25)22(23)15(6)27-16(7)24/h9,12,15,17-18,20,22-23H,5,8,10-11H2,1-4,6-7H3/b13-9+/t15-,17-,18+,20+,22-,23-/m1/s1. The molecular formula is C23H34O5. The third-order valence-corrected chi connectivity index (χ3v) is 6.44. The molecule has 2 aliphatic carbocycles. The number of ether oxygens (including phenoxy) is 2. The highest BCUT2D eigenvalue weighted by atomic mass is 16.5. The first-order valence-corrected chi connectivity index (χ1v) is 10.3. The molecule has 5 nitrogen and oxygen atoms in total. The molecule has 2 saturated carbocycles. The molecule has 0 amide bonds. The summed E-state index contributed by atoms with van der Waals surface area (Å²) in [5.74, 6) is -0.388. The number of fused-ring (bicyclic) bond motifs is 1. The number of esters is 2. The Balaban J connectivity index is 2.26. The minimum atomic E-state index is -0.455. The van der Waals surface area contributed by atoms with Crippen molar-refractivity contribution in [3.8, 4) is 0 Å². The van der Waals surface area contributed by atoms with Gasteiger partial charge in [-0.05, 0) is 55.9 Å². The SMILES string of the molecule is C=C1[C@@H](OC(=O)/C=C(\C)CC)C[C@H](C(C)C)[C@H]2[C@H]([C@@H](C)OC(C)=O)C(=O)C[C@@H]12. The molecule has 0 spiro atoms. The first kappa shape index (κ1) is 22.4. The van der Waals surface area contributed by atoms with E-state index in [4.69, 9.17) is 9.47 Å². The number of hydrogen-bond acceptors (Lipinski definition) is 5. The fraction of sp³-hybridized carbons (Fsp3) is 0.696. The second-order valence-corrected chi connectivity index (χ2v) is 8.68. The molecule has 0 saturated heterocycles. The predicted molar refractivity (Wildman–Crippen MR) is 107 cm³/mol. The Morgan fingerprint density at radius 2 is 1.89 bits per heavy atom. The van der Waals surface area contributed by atoms with Gasteiger partial charge >= 0.3 is 11.9 Å². The first-order chi connectivity index (χ1) is 13.1. The molecule has 0 heterocycles. The monoisotopic (exact) mass is 390 g/mol. The van der Waals surface area contributed by atoms with Crippen LogP contribution in [0.1, 0.15) is 60.8 Å². The quantitative estimate of drug-likeness (QED) is 0.385. The molecule has 0 aromatic carbocycles. The van der Waals surface area contributed by atoms with Crippen LogP contribution in [0.15, 0.2) is 23.8 Å². The van der Waals surface area contributed by atoms with Crippen molar-refractivity contribution in [3.63, 3.8) is 0 Å². The fourth-order valence-corrected chi connectivity index (χ4v) is 4.92. The van der Waals surface area contributed by atoms with E-state index in [1.54, 1.807) is 6.92 Å². The summed E-state index contributed by atoms with van der Waals surface area (Å²) in [7, 11) is 0. The molecule has 6 atom stereocenters. The highest BCUT2D eigenvalue weighted by Crippen LogP contribution is 2.53. The summed E-state index contributed by atoms with van der Waals surface area (Å²) in [6, 6.07) is 0. The highest BCUT2D eigenvalue weighted by Gasteiger charge is 2.55. The van der Waals surface area contributed by atoms with Crippen molar-refractivity contribution in [1.29, 1.82) is 0 Å². The smallest absolute Gasteiger partial charge is 0.331 e. The zero-order chi connectivity index (χ0) is 21.2. The van der Waals surface area contributed by atoms with E-state index in [0.29, 0.717) is 18.8 Å². The lowest BCUT2D eigenvalue weighted by Gasteiger charge is -2.44. The summed E-state index contributed by atoms with van der Waals surface area (Å²) < 4.78 is 11.1. The Morgan fingerprint density at radius 3 is 2.43 bits per heavy atom. The van der Waals surface area contributed by atoms with Crippen molar-refractivity contribution in [3.05, 3.63) is 23.8 Å². The lowest BCUT2D eigenvalue weighted by atomic mass is 9.63. The van der Waals surface area contributed by atoms with Gasteiger partial charge in [0, 0.05) is 19.4 Å². The summed E-state index contributed by atoms with van der Waals surface area (Å²) in [6.07, 6.45) is 2.53. The van der Waals surface area contributed by atoms with Crippen LogP contribution < -0.4 is 0 Å². The second-order valence-electron chi connectivity index (χ2n) is 8.68. The lowest BCUT2D eigenvalue weighted by molar-refractivity contribution is -0.153. The Labute approximate surface area is 168 Å². The van der Waals surface area contributed by atoms with Crippen molar-refractivity contribution < 1.29 is 23.9 Å². The van der Waals surface area contributed by atoms with Crippen LogP contribution in [0.3, 0.4) is 0 Å². The molecule has 0 radical (unpaired) electrons. The zero-order valence-corrected chi connectivity index (χ0v) is 18.0. The van der Waals surface area contributed by atoms with Crippen LogP contribution in [-0.4, -0.2) is 29.9 Å². The van der Waals surface area contributed by atoms with Gasteiger partial charge in [0.15, 0.2) is 0 Å². The lowest BCUT2D eigenvalue weighted by Crippen LogP contribution is -2.44. The van der Waals surface area contributed by atoms with E-state index in [2.05, 4.69) is 20.4 Å². The van der Waals surface area contributed by atoms with Gasteiger partial charge in [0.1, 0.15) is 18.0 Å². The van der Waals surface area contributed by atoms with Gasteiger partial charge in [0.2, 0.25) is 0 Å². The van der Waals surface area contributed by atoms with Gasteiger partial charge < -0.3 is 9.47 Å². The maximum atomic E-state index is 12.8. The van der Waals surface area contributed by atoms with Gasteiger partial charge in [0.05, 0.1) is 5.92 Å². The molecule has 0 unspecified atom stereocenters. The molecule has 0 aromatic rings. The van der Waals surface area contributed by atoms with Gasteiger partial charge in [-0.25, -0.2) is 4.79 Å². The van der Waals surface area contributed by atoms with Crippen LogP contribution in [-0.2, 0) is 23.9 Å². The van der Waals surface area contributed by atoms with E-state index in [-0.39, 0.29) is 47.5 Å². The first-order valence-electron chi connectivity index (χ1n) is 10.3. The summed E-state index contributed by atoms with van der Waals surface area (Å²) in [4.78, 5) is 36.6. The molecule has 0 aliphatic heterocycles. The Hall–Kier alpha value is -1.91. The van der Waals surface area contributed by atoms with Gasteiger partial charge in [0.25, 0.3) is 0 Å². The van der Waals surface area contributed by atoms with Gasteiger partial charge in [-0.15, -0.1) is 0 Å². The number of carbonyl (C=O) groups excluding carboxylic acids is 3. The highest BCUT2D eigenvalue weighted by molar-refractivity contribution is 5.86. The number of rotatable bonds is 6. The van der Waals surface area contributed by atoms with E-state index < -0.39 is 6.10 Å². The van der Waals surface area contributed by atoms with Crippen LogP contribution in [0.2, 0.25) is 0 Å². The molecule has 156 valence electrons. The minimum absolute atomic E-state index is 0.0364. The average Bonchev–Trinajstić information content (AvgIpc) is 2.93. The molecule has 0 bridgehead atoms. The van der Waals surface area contributed by atoms with E-state index in [1.807, 2.05) is 13.8 Å². The second kappa shape index (κ2) is 9.06. The van der Waals surface area contributed by atoms with Crippen LogP contribution >= 0.6 is 0 Å². The summed E-state index contributed by atoms with van der Waals surface area (Å²) in [6.45, 7) is 15.5. The third kappa shape index (κ3) is 4.73. The molecule has 0 aromatic heterocycles. The van der Waals surface area contributed by atoms with E-state index in [9.17, 15) is 14.4 Å². The van der Waals surface area contributed by atoms with Crippen LogP contribution in [0.5, 0.6) is 0 Å². The fourth-order valence-electron chi connectivity index (χ4n) is 4.92. The molecule has 5 heteroatoms. The predicted octanol–water partition coefficient (Wildman–Crippen LogP) is 4.26. The largest absolute Gasteiger partial charge is 0.462 e. The molecule has 2 rings (SSSR count). The molecule has 28 heavy (non-hydrogen) atoms. The number of allylic oxidation sites excluding steroid dienone is 1. The van der Waals surface area contributed by atoms with Gasteiger partial charge in [-0.1, -0.05) is 32.9 Å². The number of ketones is 1. The van der Waals surface area contributed by atoms with E-state index in [1.165, 1.54) is 13.0 Å². The Kier molecular flexibility index (Phi) is 7.24. The van der Waals surface area contributed by atoms with Crippen LogP contribution in [0.25, 0.3) is 0 Å². The third-order valence-electron chi connectivity index (χ3n) is 6.44. The summed E-state index contributed by atoms with van der Waals surface area (Å²) in [5, 5.41) is 0. The zero-order valence-electron chi connectivity index (χ0n) is 18.0. The van der Waals surface area contributed by atoms with Crippen molar-refractivity contribution in [2.45, 2.75) is 73.0 Å². The van der Waals surface area contributed by atoms with E-state index >= 15 is 0 Å². The number of hydrogen-bond donors (Lipinski definition) is 0. The molecule has 2 fully saturated rings. The number of carbonyl (C=O) groups is 3. The van der Waals surface area contributed by atoms with Crippen LogP contribution in [0.4, 0.5) is 0 Å². The van der Waals surface area contributed by atoms with Crippen molar-refractivity contribution in [1.82, 2.24) is 0 Å². The van der Waals surface area contributed by atoms with Crippen molar-refractivity contribution in [2.24, 2.45) is 29.6 Å². The average molecular weight is 391 g/mol. The summed E-state index contributed by atoms with van der Waals surface area (Å²) in [5.41, 5.74) is 1.79. The minimum Gasteiger partial charge on any atom is -0.462 e. The van der Waals surface area contributed by atoms with Crippen molar-refractivity contribution >= 4 is 17.7 Å².